The fourth-order valence-corrected chi connectivity index (χ4v) is 4.26. The normalized spacial score (nSPS) is 16.2. The van der Waals surface area contributed by atoms with Crippen molar-refractivity contribution in [3.8, 4) is 0 Å². The summed E-state index contributed by atoms with van der Waals surface area (Å²) in [6.07, 6.45) is 1.74. The van der Waals surface area contributed by atoms with E-state index in [0.717, 1.165) is 5.82 Å². The lowest BCUT2D eigenvalue weighted by atomic mass is 10.2. The zero-order chi connectivity index (χ0) is 19.4. The van der Waals surface area contributed by atoms with Crippen molar-refractivity contribution in [3.05, 3.63) is 53.7 Å². The number of piperazine rings is 1. The summed E-state index contributed by atoms with van der Waals surface area (Å²) in [5.41, 5.74) is 0. The molecule has 0 bridgehead atoms. The topological polar surface area (TPSA) is 82.6 Å². The SMILES string of the molecule is CC(NS(=O)(=O)c1ccc(Cl)cc1)C(=O)N1CCN(c2ccccn2)CC1. The second-order valence-electron chi connectivity index (χ2n) is 6.30. The number of nitrogens with one attached hydrogen (secondary N) is 1. The van der Waals surface area contributed by atoms with Gasteiger partial charge in [-0.05, 0) is 43.3 Å². The van der Waals surface area contributed by atoms with E-state index in [0.29, 0.717) is 31.2 Å². The molecular weight excluding hydrogens is 388 g/mol. The van der Waals surface area contributed by atoms with Crippen LogP contribution in [0.25, 0.3) is 0 Å². The van der Waals surface area contributed by atoms with Gasteiger partial charge >= 0.3 is 0 Å². The summed E-state index contributed by atoms with van der Waals surface area (Å²) in [5, 5.41) is 0.448. The molecule has 144 valence electrons. The van der Waals surface area contributed by atoms with Crippen LogP contribution in [0.5, 0.6) is 0 Å². The molecule has 1 saturated heterocycles. The second kappa shape index (κ2) is 8.24. The molecule has 0 saturated carbocycles. The molecule has 1 aliphatic rings. The molecule has 1 atom stereocenters. The van der Waals surface area contributed by atoms with Gasteiger partial charge in [-0.3, -0.25) is 4.79 Å². The Morgan fingerprint density at radius 1 is 1.11 bits per heavy atom. The number of pyridine rings is 1. The van der Waals surface area contributed by atoms with Gasteiger partial charge in [0.25, 0.3) is 0 Å². The number of amides is 1. The molecule has 0 radical (unpaired) electrons. The molecule has 1 N–H and O–H groups in total. The molecule has 1 amide bonds. The van der Waals surface area contributed by atoms with Gasteiger partial charge in [-0.25, -0.2) is 13.4 Å². The van der Waals surface area contributed by atoms with E-state index in [-0.39, 0.29) is 10.8 Å². The first kappa shape index (κ1) is 19.6. The van der Waals surface area contributed by atoms with Crippen molar-refractivity contribution in [1.82, 2.24) is 14.6 Å². The molecule has 0 aliphatic carbocycles. The summed E-state index contributed by atoms with van der Waals surface area (Å²) in [7, 11) is -3.79. The minimum absolute atomic E-state index is 0.0755. The molecule has 9 heteroatoms. The number of hydrogen-bond acceptors (Lipinski definition) is 5. The zero-order valence-corrected chi connectivity index (χ0v) is 16.4. The van der Waals surface area contributed by atoms with Gasteiger partial charge in [0.15, 0.2) is 0 Å². The Hall–Kier alpha value is -2.16. The van der Waals surface area contributed by atoms with Gasteiger partial charge in [-0.2, -0.15) is 4.72 Å². The van der Waals surface area contributed by atoms with Gasteiger partial charge in [0.1, 0.15) is 5.82 Å². The molecule has 1 fully saturated rings. The number of nitrogens with zero attached hydrogens (tertiary/aromatic N) is 3. The van der Waals surface area contributed by atoms with Gasteiger partial charge in [0.05, 0.1) is 10.9 Å². The van der Waals surface area contributed by atoms with Crippen LogP contribution in [0, 0.1) is 0 Å². The number of halogens is 1. The highest BCUT2D eigenvalue weighted by molar-refractivity contribution is 7.89. The average molecular weight is 409 g/mol. The summed E-state index contributed by atoms with van der Waals surface area (Å²) < 4.78 is 27.3. The first-order chi connectivity index (χ1) is 12.9. The van der Waals surface area contributed by atoms with Crippen LogP contribution in [0.15, 0.2) is 53.6 Å². The zero-order valence-electron chi connectivity index (χ0n) is 14.9. The van der Waals surface area contributed by atoms with Crippen LogP contribution < -0.4 is 9.62 Å². The number of hydrogen-bond donors (Lipinski definition) is 1. The van der Waals surface area contributed by atoms with Crippen LogP contribution in [0.1, 0.15) is 6.92 Å². The maximum absolute atomic E-state index is 12.6. The third-order valence-electron chi connectivity index (χ3n) is 4.39. The summed E-state index contributed by atoms with van der Waals surface area (Å²) in [4.78, 5) is 20.8. The smallest absolute Gasteiger partial charge is 0.241 e. The Morgan fingerprint density at radius 3 is 2.37 bits per heavy atom. The van der Waals surface area contributed by atoms with E-state index in [4.69, 9.17) is 11.6 Å². The molecule has 1 aliphatic heterocycles. The number of carbonyl (C=O) groups excluding carboxylic acids is 1. The Kier molecular flexibility index (Phi) is 5.98. The molecule has 1 aromatic heterocycles. The van der Waals surface area contributed by atoms with Crippen molar-refractivity contribution in [1.29, 1.82) is 0 Å². The number of aromatic nitrogens is 1. The van der Waals surface area contributed by atoms with Gasteiger partial charge in [-0.1, -0.05) is 17.7 Å². The predicted octanol–water partition coefficient (Wildman–Crippen LogP) is 1.75. The lowest BCUT2D eigenvalue weighted by Gasteiger charge is -2.36. The summed E-state index contributed by atoms with van der Waals surface area (Å²) in [5.74, 6) is 0.634. The van der Waals surface area contributed by atoms with Crippen LogP contribution in [0.2, 0.25) is 5.02 Å². The van der Waals surface area contributed by atoms with E-state index in [1.807, 2.05) is 18.2 Å². The van der Waals surface area contributed by atoms with Gasteiger partial charge in [-0.15, -0.1) is 0 Å². The van der Waals surface area contributed by atoms with E-state index in [1.54, 1.807) is 18.0 Å². The van der Waals surface area contributed by atoms with Crippen LogP contribution in [-0.2, 0) is 14.8 Å². The minimum atomic E-state index is -3.79. The van der Waals surface area contributed by atoms with Crippen LogP contribution in [-0.4, -0.2) is 56.4 Å². The number of sulfonamides is 1. The molecule has 0 spiro atoms. The first-order valence-corrected chi connectivity index (χ1v) is 10.5. The highest BCUT2D eigenvalue weighted by atomic mass is 35.5. The number of anilines is 1. The van der Waals surface area contributed by atoms with E-state index in [2.05, 4.69) is 14.6 Å². The highest BCUT2D eigenvalue weighted by Gasteiger charge is 2.28. The van der Waals surface area contributed by atoms with Crippen molar-refractivity contribution in [2.24, 2.45) is 0 Å². The lowest BCUT2D eigenvalue weighted by Crippen LogP contribution is -2.54. The largest absolute Gasteiger partial charge is 0.353 e. The molecular formula is C18H21ClN4O3S. The molecule has 1 unspecified atom stereocenters. The van der Waals surface area contributed by atoms with E-state index in [9.17, 15) is 13.2 Å². The van der Waals surface area contributed by atoms with Crippen molar-refractivity contribution >= 4 is 33.3 Å². The molecule has 7 nitrogen and oxygen atoms in total. The summed E-state index contributed by atoms with van der Waals surface area (Å²) in [6, 6.07) is 10.7. The van der Waals surface area contributed by atoms with E-state index in [1.165, 1.54) is 24.3 Å². The van der Waals surface area contributed by atoms with Crippen LogP contribution in [0.3, 0.4) is 0 Å². The van der Waals surface area contributed by atoms with Crippen molar-refractivity contribution in [2.45, 2.75) is 17.9 Å². The maximum atomic E-state index is 12.6. The Bertz CT molecular complexity index is 883. The molecule has 3 rings (SSSR count). The van der Waals surface area contributed by atoms with E-state index >= 15 is 0 Å². The van der Waals surface area contributed by atoms with Crippen LogP contribution >= 0.6 is 11.6 Å². The number of rotatable bonds is 5. The number of benzene rings is 1. The summed E-state index contributed by atoms with van der Waals surface area (Å²) in [6.45, 7) is 3.89. The fourth-order valence-electron chi connectivity index (χ4n) is 2.94. The lowest BCUT2D eigenvalue weighted by molar-refractivity contribution is -0.132. The maximum Gasteiger partial charge on any atom is 0.241 e. The fraction of sp³-hybridized carbons (Fsp3) is 0.333. The monoisotopic (exact) mass is 408 g/mol. The second-order valence-corrected chi connectivity index (χ2v) is 8.45. The number of carbonyl (C=O) groups is 1. The van der Waals surface area contributed by atoms with Gasteiger partial charge in [0, 0.05) is 37.4 Å². The third kappa shape index (κ3) is 4.77. The van der Waals surface area contributed by atoms with Crippen molar-refractivity contribution in [2.75, 3.05) is 31.1 Å². The third-order valence-corrected chi connectivity index (χ3v) is 6.20. The van der Waals surface area contributed by atoms with E-state index < -0.39 is 16.1 Å². The van der Waals surface area contributed by atoms with Crippen molar-refractivity contribution in [3.63, 3.8) is 0 Å². The molecule has 2 heterocycles. The molecule has 2 aromatic rings. The molecule has 1 aromatic carbocycles. The van der Waals surface area contributed by atoms with Gasteiger partial charge < -0.3 is 9.80 Å². The summed E-state index contributed by atoms with van der Waals surface area (Å²) >= 11 is 5.79. The van der Waals surface area contributed by atoms with Gasteiger partial charge in [0.2, 0.25) is 15.9 Å². The first-order valence-electron chi connectivity index (χ1n) is 8.59. The van der Waals surface area contributed by atoms with Crippen LogP contribution in [0.4, 0.5) is 5.82 Å². The highest BCUT2D eigenvalue weighted by Crippen LogP contribution is 2.16. The Labute approximate surface area is 164 Å². The Balaban J connectivity index is 1.59. The standard InChI is InChI=1S/C18H21ClN4O3S/c1-14(21-27(25,26)16-7-5-15(19)6-8-16)18(24)23-12-10-22(11-13-23)17-4-2-3-9-20-17/h2-9,14,21H,10-13H2,1H3. The quantitative estimate of drug-likeness (QED) is 0.815. The average Bonchev–Trinajstić information content (AvgIpc) is 2.68. The Morgan fingerprint density at radius 2 is 1.78 bits per heavy atom. The molecule has 27 heavy (non-hydrogen) atoms. The van der Waals surface area contributed by atoms with Crippen molar-refractivity contribution < 1.29 is 13.2 Å². The predicted molar refractivity (Wildman–Crippen MR) is 104 cm³/mol. The minimum Gasteiger partial charge on any atom is -0.353 e.